The molecule has 4 nitrogen and oxygen atoms in total. The molecule has 9 heteroatoms. The molecular weight excluding hydrogens is 800 g/mol. The van der Waals surface area contributed by atoms with Gasteiger partial charge >= 0.3 is 17.1 Å². The second-order valence-corrected chi connectivity index (χ2v) is 12.3. The normalized spacial score (nSPS) is 17.1. The Balaban J connectivity index is 0.000000267. The van der Waals surface area contributed by atoms with Crippen molar-refractivity contribution in [3.05, 3.63) is 76.5 Å². The van der Waals surface area contributed by atoms with Crippen molar-refractivity contribution >= 4 is 85.1 Å². The zero-order valence-corrected chi connectivity index (χ0v) is 30.9. The molecule has 2 aliphatic rings. The van der Waals surface area contributed by atoms with Crippen LogP contribution in [0.4, 0.5) is 0 Å². The van der Waals surface area contributed by atoms with Crippen LogP contribution in [0.25, 0.3) is 12.2 Å². The topological polar surface area (TPSA) is 52.9 Å². The maximum atomic E-state index is 4.60. The van der Waals surface area contributed by atoms with E-state index in [1.165, 1.54) is 44.5 Å². The van der Waals surface area contributed by atoms with Crippen molar-refractivity contribution in [2.75, 3.05) is 0 Å². The van der Waals surface area contributed by atoms with Gasteiger partial charge in [-0.1, -0.05) is 103 Å². The summed E-state index contributed by atoms with van der Waals surface area (Å²) >= 11 is 14.1. The van der Waals surface area contributed by atoms with Crippen molar-refractivity contribution in [2.24, 2.45) is 9.98 Å². The summed E-state index contributed by atoms with van der Waals surface area (Å²) in [5, 5.41) is 0. The summed E-state index contributed by atoms with van der Waals surface area (Å²) in [5.74, 6) is 0. The van der Waals surface area contributed by atoms with Crippen molar-refractivity contribution < 1.29 is 17.1 Å². The van der Waals surface area contributed by atoms with Crippen LogP contribution < -0.4 is 9.97 Å². The quantitative estimate of drug-likeness (QED) is 0.272. The van der Waals surface area contributed by atoms with Crippen LogP contribution in [0.1, 0.15) is 88.0 Å². The number of allylic oxidation sites excluding steroid dienone is 4. The van der Waals surface area contributed by atoms with Crippen LogP contribution in [0.2, 0.25) is 0 Å². The molecule has 4 heterocycles. The molecule has 0 amide bonds. The standard InChI is InChI=1S/2C15H17Br2N2.Cu/c2*1-5-10-8(3)14(16)18-12(10)7-13-11(6-2)9(4)15(17)19-13;/h2*7H,5-6H2,1-4H3;/q2*-1;+2/b2*12-7-;. The summed E-state index contributed by atoms with van der Waals surface area (Å²) < 4.78 is 3.76. The van der Waals surface area contributed by atoms with Gasteiger partial charge < -0.3 is 9.97 Å². The second-order valence-electron chi connectivity index (χ2n) is 9.27. The summed E-state index contributed by atoms with van der Waals surface area (Å²) in [6.07, 6.45) is 8.15. The van der Waals surface area contributed by atoms with Gasteiger partial charge in [0.25, 0.3) is 0 Å². The Morgan fingerprint density at radius 2 is 0.923 bits per heavy atom. The monoisotopic (exact) mass is 829 g/mol. The summed E-state index contributed by atoms with van der Waals surface area (Å²) in [5.41, 5.74) is 14.2. The SMILES string of the molecule is CCC1=C(C)C(Br)=N/C1=C\c1[n-]c(Br)c(C)c1CC.CCC1=C(C)C(Br)=N/C1=C\c1[n-]c(Br)c(C)c1CC.[Cu+2]. The fourth-order valence-corrected chi connectivity index (χ4v) is 6.54. The third-order valence-corrected chi connectivity index (χ3v) is 10.2. The van der Waals surface area contributed by atoms with E-state index in [2.05, 4.69) is 151 Å². The van der Waals surface area contributed by atoms with E-state index in [0.29, 0.717) is 0 Å². The molecule has 0 atom stereocenters. The van der Waals surface area contributed by atoms with Crippen LogP contribution in [0.3, 0.4) is 0 Å². The van der Waals surface area contributed by atoms with Crippen LogP contribution in [0.15, 0.2) is 52.9 Å². The Labute approximate surface area is 277 Å². The van der Waals surface area contributed by atoms with Crippen molar-refractivity contribution in [2.45, 2.75) is 81.1 Å². The summed E-state index contributed by atoms with van der Waals surface area (Å²) in [7, 11) is 0. The van der Waals surface area contributed by atoms with Gasteiger partial charge in [-0.05, 0) is 108 Å². The minimum absolute atomic E-state index is 0. The molecule has 0 aliphatic carbocycles. The predicted octanol–water partition coefficient (Wildman–Crippen LogP) is 10.3. The van der Waals surface area contributed by atoms with Crippen LogP contribution >= 0.6 is 63.7 Å². The first-order valence-electron chi connectivity index (χ1n) is 12.9. The first-order valence-corrected chi connectivity index (χ1v) is 16.1. The number of nitrogens with zero attached hydrogens (tertiary/aromatic N) is 4. The first-order chi connectivity index (χ1) is 18.0. The molecule has 213 valence electrons. The molecule has 4 rings (SSSR count). The van der Waals surface area contributed by atoms with E-state index >= 15 is 0 Å². The number of hydrogen-bond donors (Lipinski definition) is 0. The fraction of sp³-hybridized carbons (Fsp3) is 0.400. The van der Waals surface area contributed by atoms with Gasteiger partial charge in [-0.3, -0.25) is 0 Å². The number of hydrogen-bond acceptors (Lipinski definition) is 2. The van der Waals surface area contributed by atoms with Crippen LogP contribution in [-0.2, 0) is 29.9 Å². The molecule has 2 aromatic rings. The summed E-state index contributed by atoms with van der Waals surface area (Å²) in [6.45, 7) is 17.1. The van der Waals surface area contributed by atoms with Gasteiger partial charge in [0, 0.05) is 0 Å². The molecule has 0 spiro atoms. The molecule has 0 unspecified atom stereocenters. The van der Waals surface area contributed by atoms with Crippen LogP contribution in [0.5, 0.6) is 0 Å². The molecule has 2 aromatic heterocycles. The van der Waals surface area contributed by atoms with Gasteiger partial charge in [0.15, 0.2) is 0 Å². The number of halogens is 4. The molecule has 1 radical (unpaired) electrons. The maximum absolute atomic E-state index is 4.60. The van der Waals surface area contributed by atoms with E-state index in [4.69, 9.17) is 0 Å². The Hall–Kier alpha value is -0.701. The van der Waals surface area contributed by atoms with E-state index in [1.54, 1.807) is 0 Å². The average Bonchev–Trinajstić information content (AvgIpc) is 3.51. The van der Waals surface area contributed by atoms with Gasteiger partial charge in [-0.25, -0.2) is 9.98 Å². The van der Waals surface area contributed by atoms with Gasteiger partial charge in [-0.15, -0.1) is 11.4 Å². The molecule has 2 aliphatic heterocycles. The third-order valence-electron chi connectivity index (χ3n) is 7.12. The largest absolute Gasteiger partial charge is 2.00 e. The molecule has 0 saturated carbocycles. The Kier molecular flexibility index (Phi) is 13.2. The van der Waals surface area contributed by atoms with Crippen molar-refractivity contribution in [3.63, 3.8) is 0 Å². The van der Waals surface area contributed by atoms with Gasteiger partial charge in [0.1, 0.15) is 9.24 Å². The summed E-state index contributed by atoms with van der Waals surface area (Å²) in [6, 6.07) is 0. The predicted molar refractivity (Wildman–Crippen MR) is 178 cm³/mol. The maximum Gasteiger partial charge on any atom is 2.00 e. The average molecular weight is 834 g/mol. The molecule has 0 fully saturated rings. The zero-order chi connectivity index (χ0) is 28.3. The van der Waals surface area contributed by atoms with E-state index in [-0.39, 0.29) is 17.1 Å². The Bertz CT molecular complexity index is 1320. The molecule has 39 heavy (non-hydrogen) atoms. The number of aromatic nitrogens is 2. The van der Waals surface area contributed by atoms with E-state index < -0.39 is 0 Å². The van der Waals surface area contributed by atoms with Crippen LogP contribution in [0, 0.1) is 13.8 Å². The smallest absolute Gasteiger partial charge is 0.651 e. The van der Waals surface area contributed by atoms with Gasteiger partial charge in [0.2, 0.25) is 0 Å². The third kappa shape index (κ3) is 7.39. The fourth-order valence-electron chi connectivity index (χ4n) is 4.82. The number of aliphatic imine (C=N–C) groups is 2. The Morgan fingerprint density at radius 1 is 0.590 bits per heavy atom. The van der Waals surface area contributed by atoms with E-state index in [1.807, 2.05) is 0 Å². The first kappa shape index (κ1) is 34.5. The van der Waals surface area contributed by atoms with E-state index in [0.717, 1.165) is 66.9 Å². The second kappa shape index (κ2) is 15.0. The van der Waals surface area contributed by atoms with Gasteiger partial charge in [0.05, 0.1) is 11.4 Å². The van der Waals surface area contributed by atoms with Crippen molar-refractivity contribution in [3.8, 4) is 0 Å². The van der Waals surface area contributed by atoms with Crippen molar-refractivity contribution in [1.82, 2.24) is 9.97 Å². The van der Waals surface area contributed by atoms with Gasteiger partial charge in [-0.2, -0.15) is 0 Å². The number of rotatable bonds is 6. The Morgan fingerprint density at radius 3 is 1.21 bits per heavy atom. The van der Waals surface area contributed by atoms with E-state index in [9.17, 15) is 0 Å². The van der Waals surface area contributed by atoms with Crippen LogP contribution in [-0.4, -0.2) is 9.24 Å². The molecule has 0 aromatic carbocycles. The summed E-state index contributed by atoms with van der Waals surface area (Å²) in [4.78, 5) is 18.4. The molecule has 0 N–H and O–H groups in total. The molecule has 0 saturated heterocycles. The minimum atomic E-state index is 0. The zero-order valence-electron chi connectivity index (χ0n) is 23.6. The minimum Gasteiger partial charge on any atom is -0.651 e. The van der Waals surface area contributed by atoms with Crippen molar-refractivity contribution in [1.29, 1.82) is 0 Å². The molecular formula is C30H34Br4CuN4. The molecule has 0 bridgehead atoms.